The Hall–Kier alpha value is -3.46. The third-order valence-corrected chi connectivity index (χ3v) is 5.29. The normalized spacial score (nSPS) is 13.3. The van der Waals surface area contributed by atoms with Gasteiger partial charge in [-0.25, -0.2) is 9.18 Å². The van der Waals surface area contributed by atoms with Gasteiger partial charge < -0.3 is 4.74 Å². The Morgan fingerprint density at radius 3 is 2.59 bits per heavy atom. The lowest BCUT2D eigenvalue weighted by atomic mass is 9.95. The number of aryl methyl sites for hydroxylation is 1. The Morgan fingerprint density at radius 2 is 2.00 bits per heavy atom. The fourth-order valence-corrected chi connectivity index (χ4v) is 3.78. The number of esters is 1. The van der Waals surface area contributed by atoms with Crippen LogP contribution < -0.4 is 5.56 Å². The highest BCUT2D eigenvalue weighted by Crippen LogP contribution is 2.43. The summed E-state index contributed by atoms with van der Waals surface area (Å²) in [6.07, 6.45) is 3.06. The summed E-state index contributed by atoms with van der Waals surface area (Å²) in [5.74, 6) is -1.02. The first-order valence-corrected chi connectivity index (χ1v) is 9.52. The van der Waals surface area contributed by atoms with Gasteiger partial charge in [0, 0.05) is 11.8 Å². The van der Waals surface area contributed by atoms with E-state index >= 15 is 4.39 Å². The van der Waals surface area contributed by atoms with Gasteiger partial charge in [0.1, 0.15) is 11.4 Å². The molecule has 0 amide bonds. The minimum atomic E-state index is -0.692. The molecule has 0 aliphatic heterocycles. The van der Waals surface area contributed by atoms with Gasteiger partial charge >= 0.3 is 5.97 Å². The van der Waals surface area contributed by atoms with Gasteiger partial charge in [0.25, 0.3) is 5.56 Å². The molecule has 0 saturated heterocycles. The lowest BCUT2D eigenvalue weighted by Gasteiger charge is -2.17. The number of hydrogen-bond donors (Lipinski definition) is 0. The zero-order chi connectivity index (χ0) is 20.7. The molecular formula is C23H19FN2O3. The summed E-state index contributed by atoms with van der Waals surface area (Å²) in [5, 5.41) is 8.99. The van der Waals surface area contributed by atoms with Crippen molar-refractivity contribution in [1.29, 1.82) is 5.26 Å². The highest BCUT2D eigenvalue weighted by molar-refractivity contribution is 5.91. The number of aromatic nitrogens is 1. The van der Waals surface area contributed by atoms with Crippen molar-refractivity contribution < 1.29 is 13.9 Å². The van der Waals surface area contributed by atoms with Gasteiger partial charge in [-0.15, -0.1) is 0 Å². The standard InChI is InChI=1S/C23H19FN2O3/c1-3-29-23(28)18-10-17(15-8-9-15)21-13(2)20(19(24)12-26(21)22(18)27)16-6-4-14(11-25)5-7-16/h4-7,10,12,15H,3,8-9H2,1-2H3. The molecule has 0 bridgehead atoms. The molecule has 1 saturated carbocycles. The van der Waals surface area contributed by atoms with E-state index < -0.39 is 17.3 Å². The van der Waals surface area contributed by atoms with Crippen LogP contribution in [0.5, 0.6) is 0 Å². The molecule has 1 aliphatic rings. The van der Waals surface area contributed by atoms with Gasteiger partial charge in [-0.1, -0.05) is 12.1 Å². The molecule has 1 aliphatic carbocycles. The fraction of sp³-hybridized carbons (Fsp3) is 0.261. The Morgan fingerprint density at radius 1 is 1.31 bits per heavy atom. The summed E-state index contributed by atoms with van der Waals surface area (Å²) in [6, 6.07) is 10.3. The van der Waals surface area contributed by atoms with Gasteiger partial charge in [0.15, 0.2) is 0 Å². The first-order chi connectivity index (χ1) is 14.0. The van der Waals surface area contributed by atoms with Crippen molar-refractivity contribution in [1.82, 2.24) is 4.40 Å². The Bertz CT molecular complexity index is 1230. The summed E-state index contributed by atoms with van der Waals surface area (Å²) in [6.45, 7) is 3.61. The molecule has 29 heavy (non-hydrogen) atoms. The highest BCUT2D eigenvalue weighted by Gasteiger charge is 2.30. The van der Waals surface area contributed by atoms with Crippen molar-refractivity contribution in [3.05, 3.63) is 75.0 Å². The second-order valence-electron chi connectivity index (χ2n) is 7.20. The highest BCUT2D eigenvalue weighted by atomic mass is 19.1. The topological polar surface area (TPSA) is 71.6 Å². The average molecular weight is 390 g/mol. The van der Waals surface area contributed by atoms with Crippen LogP contribution in [0.15, 0.2) is 41.3 Å². The van der Waals surface area contributed by atoms with Crippen LogP contribution in [0.2, 0.25) is 0 Å². The first kappa shape index (κ1) is 18.9. The fourth-order valence-electron chi connectivity index (χ4n) is 3.78. The molecule has 0 N–H and O–H groups in total. The minimum Gasteiger partial charge on any atom is -0.462 e. The maximum atomic E-state index is 15.1. The Balaban J connectivity index is 2.02. The number of benzene rings is 1. The van der Waals surface area contributed by atoms with Crippen LogP contribution in [0, 0.1) is 24.1 Å². The van der Waals surface area contributed by atoms with Gasteiger partial charge in [-0.3, -0.25) is 9.20 Å². The van der Waals surface area contributed by atoms with E-state index in [0.717, 1.165) is 24.6 Å². The summed E-state index contributed by atoms with van der Waals surface area (Å²) in [7, 11) is 0. The third-order valence-electron chi connectivity index (χ3n) is 5.29. The molecule has 146 valence electrons. The number of rotatable bonds is 4. The van der Waals surface area contributed by atoms with Gasteiger partial charge in [0.05, 0.1) is 23.8 Å². The van der Waals surface area contributed by atoms with E-state index in [1.54, 1.807) is 44.2 Å². The predicted molar refractivity (Wildman–Crippen MR) is 106 cm³/mol. The number of halogens is 1. The van der Waals surface area contributed by atoms with Crippen LogP contribution in [0.4, 0.5) is 4.39 Å². The molecular weight excluding hydrogens is 371 g/mol. The van der Waals surface area contributed by atoms with Crippen molar-refractivity contribution in [2.24, 2.45) is 0 Å². The molecule has 0 radical (unpaired) electrons. The van der Waals surface area contributed by atoms with Crippen LogP contribution in [-0.4, -0.2) is 17.0 Å². The minimum absolute atomic E-state index is 0.0730. The molecule has 0 atom stereocenters. The van der Waals surface area contributed by atoms with Crippen LogP contribution in [0.25, 0.3) is 16.6 Å². The number of fused-ring (bicyclic) bond motifs is 1. The number of carbonyl (C=O) groups is 1. The summed E-state index contributed by atoms with van der Waals surface area (Å²) >= 11 is 0. The van der Waals surface area contributed by atoms with Crippen LogP contribution >= 0.6 is 0 Å². The lowest BCUT2D eigenvalue weighted by Crippen LogP contribution is -2.25. The van der Waals surface area contributed by atoms with Gasteiger partial charge in [-0.2, -0.15) is 5.26 Å². The van der Waals surface area contributed by atoms with E-state index in [-0.39, 0.29) is 18.1 Å². The zero-order valence-electron chi connectivity index (χ0n) is 16.2. The van der Waals surface area contributed by atoms with Crippen molar-refractivity contribution in [3.63, 3.8) is 0 Å². The summed E-state index contributed by atoms with van der Waals surface area (Å²) < 4.78 is 21.4. The molecule has 2 heterocycles. The number of hydrogen-bond acceptors (Lipinski definition) is 4. The molecule has 6 heteroatoms. The van der Waals surface area contributed by atoms with E-state index in [1.165, 1.54) is 4.40 Å². The molecule has 1 aromatic carbocycles. The van der Waals surface area contributed by atoms with E-state index in [2.05, 4.69) is 0 Å². The van der Waals surface area contributed by atoms with Crippen molar-refractivity contribution in [3.8, 4) is 17.2 Å². The zero-order valence-corrected chi connectivity index (χ0v) is 16.2. The third kappa shape index (κ3) is 3.19. The smallest absolute Gasteiger partial charge is 0.343 e. The quantitative estimate of drug-likeness (QED) is 0.621. The first-order valence-electron chi connectivity index (χ1n) is 9.52. The monoisotopic (exact) mass is 390 g/mol. The van der Waals surface area contributed by atoms with E-state index in [1.807, 2.05) is 6.07 Å². The average Bonchev–Trinajstić information content (AvgIpc) is 3.54. The second-order valence-corrected chi connectivity index (χ2v) is 7.20. The maximum Gasteiger partial charge on any atom is 0.343 e. The van der Waals surface area contributed by atoms with Gasteiger partial charge in [0.2, 0.25) is 0 Å². The molecule has 0 spiro atoms. The number of pyridine rings is 2. The Labute approximate surface area is 167 Å². The lowest BCUT2D eigenvalue weighted by molar-refractivity contribution is 0.0524. The van der Waals surface area contributed by atoms with Crippen molar-refractivity contribution in [2.75, 3.05) is 6.61 Å². The predicted octanol–water partition coefficient (Wildman–Crippen LogP) is 4.34. The summed E-state index contributed by atoms with van der Waals surface area (Å²) in [4.78, 5) is 25.2. The largest absolute Gasteiger partial charge is 0.462 e. The molecule has 4 rings (SSSR count). The second kappa shape index (κ2) is 7.17. The van der Waals surface area contributed by atoms with E-state index in [4.69, 9.17) is 10.00 Å². The van der Waals surface area contributed by atoms with Crippen LogP contribution in [0.3, 0.4) is 0 Å². The molecule has 1 fully saturated rings. The molecule has 0 unspecified atom stereocenters. The SMILES string of the molecule is CCOC(=O)c1cc(C2CC2)c2c(C)c(-c3ccc(C#N)cc3)c(F)cn2c1=O. The maximum absolute atomic E-state index is 15.1. The number of ether oxygens (including phenoxy) is 1. The van der Waals surface area contributed by atoms with Crippen LogP contribution in [-0.2, 0) is 4.74 Å². The summed E-state index contributed by atoms with van der Waals surface area (Å²) in [5.41, 5.74) is 2.97. The molecule has 5 nitrogen and oxygen atoms in total. The molecule has 2 aromatic heterocycles. The van der Waals surface area contributed by atoms with Crippen molar-refractivity contribution >= 4 is 11.5 Å². The van der Waals surface area contributed by atoms with Gasteiger partial charge in [-0.05, 0) is 67.5 Å². The number of carbonyl (C=O) groups excluding carboxylic acids is 1. The number of nitriles is 1. The van der Waals surface area contributed by atoms with Crippen LogP contribution in [0.1, 0.15) is 52.7 Å². The van der Waals surface area contributed by atoms with E-state index in [0.29, 0.717) is 27.8 Å². The Kier molecular flexibility index (Phi) is 4.67. The van der Waals surface area contributed by atoms with Crippen molar-refractivity contribution in [2.45, 2.75) is 32.6 Å². The number of nitrogens with zero attached hydrogens (tertiary/aromatic N) is 2. The molecule has 3 aromatic rings. The van der Waals surface area contributed by atoms with E-state index in [9.17, 15) is 9.59 Å².